The number of aromatic nitrogens is 7. The standard InChI is InChI=1S/C19H21N9/c1-14-10-23-28(11-14)16-5-3-4-15(24-16)26-6-8-27(9-7-26)19-17-18(20-12-21-19)22-13-25(17)2/h3-5,10-13H,6-9H2,1-2H3. The maximum absolute atomic E-state index is 4.80. The van der Waals surface area contributed by atoms with E-state index in [4.69, 9.17) is 4.98 Å². The van der Waals surface area contributed by atoms with Crippen molar-refractivity contribution in [2.45, 2.75) is 6.92 Å². The van der Waals surface area contributed by atoms with Gasteiger partial charge < -0.3 is 14.4 Å². The monoisotopic (exact) mass is 375 g/mol. The molecule has 5 rings (SSSR count). The number of rotatable bonds is 3. The number of anilines is 2. The fourth-order valence-electron chi connectivity index (χ4n) is 3.60. The highest BCUT2D eigenvalue weighted by atomic mass is 15.3. The van der Waals surface area contributed by atoms with Crippen LogP contribution in [0.2, 0.25) is 0 Å². The van der Waals surface area contributed by atoms with Crippen LogP contribution in [0.5, 0.6) is 0 Å². The van der Waals surface area contributed by atoms with Gasteiger partial charge in [-0.1, -0.05) is 6.07 Å². The number of piperazine rings is 1. The molecule has 0 spiro atoms. The van der Waals surface area contributed by atoms with E-state index >= 15 is 0 Å². The molecule has 0 atom stereocenters. The van der Waals surface area contributed by atoms with Gasteiger partial charge >= 0.3 is 0 Å². The first-order valence-corrected chi connectivity index (χ1v) is 9.30. The van der Waals surface area contributed by atoms with Crippen LogP contribution in [0.3, 0.4) is 0 Å². The first-order chi connectivity index (χ1) is 13.7. The van der Waals surface area contributed by atoms with E-state index in [1.54, 1.807) is 12.7 Å². The second-order valence-electron chi connectivity index (χ2n) is 7.02. The van der Waals surface area contributed by atoms with Gasteiger partial charge in [0.1, 0.15) is 17.7 Å². The minimum atomic E-state index is 0.735. The van der Waals surface area contributed by atoms with Gasteiger partial charge in [0.15, 0.2) is 17.3 Å². The number of aryl methyl sites for hydroxylation is 2. The SMILES string of the molecule is Cc1cnn(-c2cccc(N3CCN(c4ncnc5ncn(C)c45)CC3)n2)c1. The summed E-state index contributed by atoms with van der Waals surface area (Å²) in [5, 5.41) is 4.36. The first kappa shape index (κ1) is 16.7. The Morgan fingerprint density at radius 2 is 1.71 bits per heavy atom. The van der Waals surface area contributed by atoms with Gasteiger partial charge in [-0.05, 0) is 24.6 Å². The Balaban J connectivity index is 1.35. The van der Waals surface area contributed by atoms with E-state index in [1.165, 1.54) is 0 Å². The van der Waals surface area contributed by atoms with E-state index < -0.39 is 0 Å². The van der Waals surface area contributed by atoms with Crippen LogP contribution in [0, 0.1) is 6.92 Å². The molecule has 1 aliphatic rings. The van der Waals surface area contributed by atoms with Crippen molar-refractivity contribution in [2.75, 3.05) is 36.0 Å². The van der Waals surface area contributed by atoms with Crippen molar-refractivity contribution < 1.29 is 0 Å². The lowest BCUT2D eigenvalue weighted by Crippen LogP contribution is -2.47. The molecule has 1 aliphatic heterocycles. The Morgan fingerprint density at radius 3 is 2.50 bits per heavy atom. The summed E-state index contributed by atoms with van der Waals surface area (Å²) in [6, 6.07) is 6.07. The molecule has 4 aromatic rings. The van der Waals surface area contributed by atoms with E-state index in [0.29, 0.717) is 0 Å². The largest absolute Gasteiger partial charge is 0.353 e. The lowest BCUT2D eigenvalue weighted by Gasteiger charge is -2.36. The Kier molecular flexibility index (Phi) is 3.92. The predicted octanol–water partition coefficient (Wildman–Crippen LogP) is 1.58. The third kappa shape index (κ3) is 2.84. The minimum Gasteiger partial charge on any atom is -0.353 e. The Labute approximate surface area is 162 Å². The van der Waals surface area contributed by atoms with E-state index in [-0.39, 0.29) is 0 Å². The van der Waals surface area contributed by atoms with Crippen molar-refractivity contribution in [2.24, 2.45) is 7.05 Å². The molecule has 9 heteroatoms. The molecule has 1 saturated heterocycles. The fraction of sp³-hybridized carbons (Fsp3) is 0.316. The van der Waals surface area contributed by atoms with Crippen molar-refractivity contribution in [1.82, 2.24) is 34.3 Å². The number of pyridine rings is 1. The molecule has 9 nitrogen and oxygen atoms in total. The maximum Gasteiger partial charge on any atom is 0.182 e. The van der Waals surface area contributed by atoms with Gasteiger partial charge in [0.2, 0.25) is 0 Å². The molecule has 0 N–H and O–H groups in total. The summed E-state index contributed by atoms with van der Waals surface area (Å²) >= 11 is 0. The summed E-state index contributed by atoms with van der Waals surface area (Å²) in [5.74, 6) is 2.75. The average Bonchev–Trinajstić information content (AvgIpc) is 3.34. The van der Waals surface area contributed by atoms with E-state index in [0.717, 1.165) is 60.4 Å². The summed E-state index contributed by atoms with van der Waals surface area (Å²) in [6.07, 6.45) is 7.20. The third-order valence-electron chi connectivity index (χ3n) is 5.06. The molecule has 0 aliphatic carbocycles. The van der Waals surface area contributed by atoms with Crippen LogP contribution >= 0.6 is 0 Å². The van der Waals surface area contributed by atoms with Crippen molar-refractivity contribution in [3.8, 4) is 5.82 Å². The topological polar surface area (TPSA) is 80.8 Å². The number of fused-ring (bicyclic) bond motifs is 1. The van der Waals surface area contributed by atoms with Gasteiger partial charge in [0, 0.05) is 39.4 Å². The van der Waals surface area contributed by atoms with E-state index in [1.807, 2.05) is 47.7 Å². The van der Waals surface area contributed by atoms with Crippen molar-refractivity contribution in [1.29, 1.82) is 0 Å². The number of nitrogens with zero attached hydrogens (tertiary/aromatic N) is 9. The highest BCUT2D eigenvalue weighted by Crippen LogP contribution is 2.24. The Hall–Kier alpha value is -3.49. The van der Waals surface area contributed by atoms with Gasteiger partial charge in [-0.2, -0.15) is 5.10 Å². The van der Waals surface area contributed by atoms with Gasteiger partial charge in [-0.25, -0.2) is 24.6 Å². The van der Waals surface area contributed by atoms with Crippen LogP contribution in [0.15, 0.2) is 43.2 Å². The first-order valence-electron chi connectivity index (χ1n) is 9.30. The van der Waals surface area contributed by atoms with Crippen molar-refractivity contribution in [3.63, 3.8) is 0 Å². The minimum absolute atomic E-state index is 0.735. The molecular formula is C19H21N9. The predicted molar refractivity (Wildman–Crippen MR) is 107 cm³/mol. The van der Waals surface area contributed by atoms with E-state index in [2.05, 4.69) is 35.9 Å². The quantitative estimate of drug-likeness (QED) is 0.538. The van der Waals surface area contributed by atoms with Gasteiger partial charge in [0.05, 0.1) is 12.5 Å². The molecule has 1 fully saturated rings. The number of imidazole rings is 1. The summed E-state index contributed by atoms with van der Waals surface area (Å²) in [4.78, 5) is 22.5. The molecule has 0 amide bonds. The molecular weight excluding hydrogens is 354 g/mol. The average molecular weight is 375 g/mol. The molecule has 142 valence electrons. The van der Waals surface area contributed by atoms with Gasteiger partial charge in [0.25, 0.3) is 0 Å². The van der Waals surface area contributed by atoms with Crippen LogP contribution in [-0.2, 0) is 7.05 Å². The van der Waals surface area contributed by atoms with Crippen LogP contribution in [-0.4, -0.2) is 60.5 Å². The molecule has 0 radical (unpaired) electrons. The lowest BCUT2D eigenvalue weighted by atomic mass is 10.3. The van der Waals surface area contributed by atoms with Crippen molar-refractivity contribution in [3.05, 3.63) is 48.8 Å². The molecule has 5 heterocycles. The smallest absolute Gasteiger partial charge is 0.182 e. The number of hydrogen-bond donors (Lipinski definition) is 0. The fourth-order valence-corrected chi connectivity index (χ4v) is 3.60. The third-order valence-corrected chi connectivity index (χ3v) is 5.06. The van der Waals surface area contributed by atoms with Crippen LogP contribution in [0.25, 0.3) is 17.0 Å². The summed E-state index contributed by atoms with van der Waals surface area (Å²) in [7, 11) is 1.98. The van der Waals surface area contributed by atoms with Crippen LogP contribution in [0.4, 0.5) is 11.6 Å². The Morgan fingerprint density at radius 1 is 0.929 bits per heavy atom. The zero-order valence-corrected chi connectivity index (χ0v) is 15.9. The van der Waals surface area contributed by atoms with Gasteiger partial charge in [-0.15, -0.1) is 0 Å². The maximum atomic E-state index is 4.80. The highest BCUT2D eigenvalue weighted by Gasteiger charge is 2.22. The lowest BCUT2D eigenvalue weighted by molar-refractivity contribution is 0.640. The van der Waals surface area contributed by atoms with Crippen LogP contribution < -0.4 is 9.80 Å². The summed E-state index contributed by atoms with van der Waals surface area (Å²) in [5.41, 5.74) is 2.83. The summed E-state index contributed by atoms with van der Waals surface area (Å²) < 4.78 is 3.79. The zero-order chi connectivity index (χ0) is 19.1. The summed E-state index contributed by atoms with van der Waals surface area (Å²) in [6.45, 7) is 5.50. The van der Waals surface area contributed by atoms with E-state index in [9.17, 15) is 0 Å². The van der Waals surface area contributed by atoms with Gasteiger partial charge in [-0.3, -0.25) is 0 Å². The second kappa shape index (κ2) is 6.59. The molecule has 0 bridgehead atoms. The second-order valence-corrected chi connectivity index (χ2v) is 7.02. The highest BCUT2D eigenvalue weighted by molar-refractivity contribution is 5.83. The molecule has 0 unspecified atom stereocenters. The van der Waals surface area contributed by atoms with Crippen molar-refractivity contribution >= 4 is 22.8 Å². The zero-order valence-electron chi connectivity index (χ0n) is 15.9. The molecule has 4 aromatic heterocycles. The number of hydrogen-bond acceptors (Lipinski definition) is 7. The molecule has 0 saturated carbocycles. The normalized spacial score (nSPS) is 14.8. The molecule has 28 heavy (non-hydrogen) atoms. The Bertz CT molecular complexity index is 1120. The van der Waals surface area contributed by atoms with Crippen LogP contribution in [0.1, 0.15) is 5.56 Å². The molecule has 0 aromatic carbocycles.